The molecule has 0 aliphatic heterocycles. The quantitative estimate of drug-likeness (QED) is 0.872. The normalized spacial score (nSPS) is 38.4. The zero-order valence-electron chi connectivity index (χ0n) is 12.6. The molecule has 0 aromatic heterocycles. The second kappa shape index (κ2) is 5.18. The van der Waals surface area contributed by atoms with Gasteiger partial charge in [0.2, 0.25) is 0 Å². The molecule has 1 aromatic rings. The first-order valence-corrected chi connectivity index (χ1v) is 8.57. The number of nitrogens with one attached hydrogen (secondary N) is 1. The van der Waals surface area contributed by atoms with Gasteiger partial charge in [0.1, 0.15) is 0 Å². The van der Waals surface area contributed by atoms with E-state index < -0.39 is 0 Å². The molecule has 1 N–H and O–H groups in total. The van der Waals surface area contributed by atoms with Crippen LogP contribution in [-0.2, 0) is 6.42 Å². The van der Waals surface area contributed by atoms with Crippen molar-refractivity contribution in [3.05, 3.63) is 35.4 Å². The first-order chi connectivity index (χ1) is 9.78. The second-order valence-electron chi connectivity index (χ2n) is 7.65. The van der Waals surface area contributed by atoms with Crippen molar-refractivity contribution in [2.45, 2.75) is 51.5 Å². The van der Waals surface area contributed by atoms with E-state index in [2.05, 4.69) is 36.5 Å². The highest BCUT2D eigenvalue weighted by atomic mass is 14.9. The monoisotopic (exact) mass is 269 g/mol. The molecule has 1 nitrogen and oxygen atoms in total. The Morgan fingerprint density at radius 1 is 1.00 bits per heavy atom. The Bertz CT molecular complexity index is 450. The van der Waals surface area contributed by atoms with Gasteiger partial charge in [-0.1, -0.05) is 29.8 Å². The maximum absolute atomic E-state index is 3.93. The second-order valence-corrected chi connectivity index (χ2v) is 7.65. The largest absolute Gasteiger partial charge is 0.313 e. The van der Waals surface area contributed by atoms with Crippen molar-refractivity contribution < 1.29 is 0 Å². The molecule has 20 heavy (non-hydrogen) atoms. The van der Waals surface area contributed by atoms with Crippen LogP contribution in [0, 0.1) is 30.6 Å². The molecule has 1 heteroatoms. The minimum atomic E-state index is 0.840. The predicted octanol–water partition coefficient (Wildman–Crippen LogP) is 3.95. The first-order valence-electron chi connectivity index (χ1n) is 8.57. The number of rotatable bonds is 4. The van der Waals surface area contributed by atoms with E-state index in [0.717, 1.165) is 36.3 Å². The van der Waals surface area contributed by atoms with E-state index in [0.29, 0.717) is 0 Å². The molecule has 108 valence electrons. The zero-order chi connectivity index (χ0) is 13.5. The number of hydrogen-bond donors (Lipinski definition) is 1. The summed E-state index contributed by atoms with van der Waals surface area (Å²) in [6.07, 6.45) is 8.84. The number of hydrogen-bond acceptors (Lipinski definition) is 1. The lowest BCUT2D eigenvalue weighted by Crippen LogP contribution is -2.54. The van der Waals surface area contributed by atoms with E-state index in [1.165, 1.54) is 43.2 Å². The third-order valence-corrected chi connectivity index (χ3v) is 6.10. The molecule has 0 radical (unpaired) electrons. The van der Waals surface area contributed by atoms with Crippen molar-refractivity contribution in [1.82, 2.24) is 5.32 Å². The summed E-state index contributed by atoms with van der Waals surface area (Å²) in [7, 11) is 0. The van der Waals surface area contributed by atoms with Gasteiger partial charge in [0.05, 0.1) is 0 Å². The number of aryl methyl sites for hydroxylation is 1. The highest BCUT2D eigenvalue weighted by Gasteiger charge is 2.47. The van der Waals surface area contributed by atoms with Crippen molar-refractivity contribution in [3.8, 4) is 0 Å². The fourth-order valence-corrected chi connectivity index (χ4v) is 5.51. The van der Waals surface area contributed by atoms with Crippen molar-refractivity contribution >= 4 is 0 Å². The van der Waals surface area contributed by atoms with Crippen molar-refractivity contribution in [1.29, 1.82) is 0 Å². The summed E-state index contributed by atoms with van der Waals surface area (Å²) in [5, 5.41) is 3.93. The number of benzene rings is 1. The molecule has 0 atom stereocenters. The van der Waals surface area contributed by atoms with Gasteiger partial charge in [-0.3, -0.25) is 0 Å². The van der Waals surface area contributed by atoms with Crippen LogP contribution in [0.2, 0.25) is 0 Å². The smallest absolute Gasteiger partial charge is 0.0124 e. The zero-order valence-corrected chi connectivity index (χ0v) is 12.6. The van der Waals surface area contributed by atoms with Gasteiger partial charge in [0, 0.05) is 6.04 Å². The average molecular weight is 269 g/mol. The summed E-state index contributed by atoms with van der Waals surface area (Å²) in [4.78, 5) is 0. The summed E-state index contributed by atoms with van der Waals surface area (Å²) in [5.74, 6) is 4.19. The maximum atomic E-state index is 3.93. The fraction of sp³-hybridized carbons (Fsp3) is 0.684. The van der Waals surface area contributed by atoms with Gasteiger partial charge >= 0.3 is 0 Å². The van der Waals surface area contributed by atoms with Crippen molar-refractivity contribution in [2.75, 3.05) is 6.54 Å². The van der Waals surface area contributed by atoms with E-state index in [1.54, 1.807) is 6.42 Å². The molecule has 0 heterocycles. The van der Waals surface area contributed by atoms with Crippen LogP contribution in [0.3, 0.4) is 0 Å². The van der Waals surface area contributed by atoms with Crippen LogP contribution in [0.4, 0.5) is 0 Å². The van der Waals surface area contributed by atoms with Crippen molar-refractivity contribution in [2.24, 2.45) is 23.7 Å². The molecule has 0 unspecified atom stereocenters. The fourth-order valence-electron chi connectivity index (χ4n) is 5.51. The van der Waals surface area contributed by atoms with E-state index >= 15 is 0 Å². The van der Waals surface area contributed by atoms with E-state index in [9.17, 15) is 0 Å². The van der Waals surface area contributed by atoms with E-state index in [-0.39, 0.29) is 0 Å². The van der Waals surface area contributed by atoms with E-state index in [1.807, 2.05) is 0 Å². The molecule has 4 bridgehead atoms. The lowest BCUT2D eigenvalue weighted by molar-refractivity contribution is -0.0133. The van der Waals surface area contributed by atoms with Crippen LogP contribution in [0.5, 0.6) is 0 Å². The Morgan fingerprint density at radius 2 is 1.70 bits per heavy atom. The molecular weight excluding hydrogens is 242 g/mol. The van der Waals surface area contributed by atoms with Gasteiger partial charge < -0.3 is 5.32 Å². The third-order valence-electron chi connectivity index (χ3n) is 6.10. The van der Waals surface area contributed by atoms with Gasteiger partial charge in [0.15, 0.2) is 0 Å². The summed E-state index contributed by atoms with van der Waals surface area (Å²) in [6, 6.07) is 9.82. The van der Waals surface area contributed by atoms with Gasteiger partial charge in [-0.05, 0) is 81.2 Å². The van der Waals surface area contributed by atoms with Crippen LogP contribution in [0.15, 0.2) is 24.3 Å². The standard InChI is InChI=1S/C19H27N/c1-13-3-2-4-14(7-13)5-6-20-19-17-9-15-8-16(11-17)12-18(19)10-15/h2-4,7,15-20H,5-6,8-12H2,1H3. The SMILES string of the molecule is Cc1cccc(CCNC2C3CC4CC(C3)CC2C4)c1. The first kappa shape index (κ1) is 12.9. The molecule has 1 aromatic carbocycles. The summed E-state index contributed by atoms with van der Waals surface area (Å²) < 4.78 is 0. The topological polar surface area (TPSA) is 12.0 Å². The Hall–Kier alpha value is -0.820. The van der Waals surface area contributed by atoms with Crippen LogP contribution in [0.25, 0.3) is 0 Å². The van der Waals surface area contributed by atoms with Gasteiger partial charge in [0.25, 0.3) is 0 Å². The molecule has 4 fully saturated rings. The van der Waals surface area contributed by atoms with Gasteiger partial charge in [-0.15, -0.1) is 0 Å². The summed E-state index contributed by atoms with van der Waals surface area (Å²) >= 11 is 0. The average Bonchev–Trinajstić information content (AvgIpc) is 2.41. The van der Waals surface area contributed by atoms with Crippen LogP contribution in [-0.4, -0.2) is 12.6 Å². The Labute approximate surface area is 123 Å². The minimum Gasteiger partial charge on any atom is -0.313 e. The molecule has 4 aliphatic rings. The third kappa shape index (κ3) is 2.41. The highest BCUT2D eigenvalue weighted by molar-refractivity contribution is 5.22. The minimum absolute atomic E-state index is 0.840. The highest BCUT2D eigenvalue weighted by Crippen LogP contribution is 2.53. The lowest BCUT2D eigenvalue weighted by Gasteiger charge is -2.54. The Kier molecular flexibility index (Phi) is 3.34. The molecule has 4 aliphatic carbocycles. The molecular formula is C19H27N. The summed E-state index contributed by atoms with van der Waals surface area (Å²) in [5.41, 5.74) is 2.87. The lowest BCUT2D eigenvalue weighted by atomic mass is 9.54. The molecule has 0 saturated heterocycles. The van der Waals surface area contributed by atoms with Crippen LogP contribution < -0.4 is 5.32 Å². The predicted molar refractivity (Wildman–Crippen MR) is 83.7 cm³/mol. The Balaban J connectivity index is 1.34. The van der Waals surface area contributed by atoms with Gasteiger partial charge in [-0.25, -0.2) is 0 Å². The molecule has 4 saturated carbocycles. The Morgan fingerprint density at radius 3 is 2.35 bits per heavy atom. The maximum Gasteiger partial charge on any atom is 0.0124 e. The molecule has 0 spiro atoms. The van der Waals surface area contributed by atoms with Gasteiger partial charge in [-0.2, -0.15) is 0 Å². The van der Waals surface area contributed by atoms with Crippen LogP contribution >= 0.6 is 0 Å². The van der Waals surface area contributed by atoms with Crippen LogP contribution in [0.1, 0.15) is 43.2 Å². The molecule has 5 rings (SSSR count). The van der Waals surface area contributed by atoms with Crippen molar-refractivity contribution in [3.63, 3.8) is 0 Å². The van der Waals surface area contributed by atoms with E-state index in [4.69, 9.17) is 0 Å². The molecule has 0 amide bonds. The summed E-state index contributed by atoms with van der Waals surface area (Å²) in [6.45, 7) is 3.35.